The van der Waals surface area contributed by atoms with Crippen molar-refractivity contribution >= 4 is 12.0 Å². The molecular weight excluding hydrogens is 229 g/mol. The topological polar surface area (TPSA) is 20.3 Å². The average Bonchev–Trinajstić information content (AvgIpc) is 2.66. The van der Waals surface area contributed by atoms with Crippen molar-refractivity contribution in [1.82, 2.24) is 0 Å². The lowest BCUT2D eigenvalue weighted by molar-refractivity contribution is 0.112. The smallest absolute Gasteiger partial charge is 0.152 e. The van der Waals surface area contributed by atoms with Crippen LogP contribution in [-0.4, -0.2) is 19.4 Å². The predicted octanol–water partition coefficient (Wildman–Crippen LogP) is 3.80. The highest BCUT2D eigenvalue weighted by atomic mass is 19.1. The molecule has 18 heavy (non-hydrogen) atoms. The molecule has 1 aromatic rings. The van der Waals surface area contributed by atoms with Crippen molar-refractivity contribution in [1.29, 1.82) is 0 Å². The van der Waals surface area contributed by atoms with Gasteiger partial charge in [0, 0.05) is 18.7 Å². The van der Waals surface area contributed by atoms with Crippen LogP contribution in [0.3, 0.4) is 0 Å². The molecule has 2 rings (SSSR count). The van der Waals surface area contributed by atoms with Crippen molar-refractivity contribution in [2.75, 3.05) is 11.9 Å². The zero-order valence-electron chi connectivity index (χ0n) is 10.9. The van der Waals surface area contributed by atoms with E-state index in [1.54, 1.807) is 12.1 Å². The molecule has 0 N–H and O–H groups in total. The van der Waals surface area contributed by atoms with Gasteiger partial charge in [-0.3, -0.25) is 4.79 Å². The van der Waals surface area contributed by atoms with E-state index in [0.717, 1.165) is 19.1 Å². The fourth-order valence-corrected chi connectivity index (χ4v) is 2.83. The normalized spacial score (nSPS) is 17.2. The predicted molar refractivity (Wildman–Crippen MR) is 71.7 cm³/mol. The number of nitrogens with zero attached hydrogens (tertiary/aromatic N) is 1. The van der Waals surface area contributed by atoms with Gasteiger partial charge < -0.3 is 4.90 Å². The molecule has 0 aliphatic heterocycles. The van der Waals surface area contributed by atoms with Gasteiger partial charge in [-0.2, -0.15) is 0 Å². The molecule has 0 spiro atoms. The summed E-state index contributed by atoms with van der Waals surface area (Å²) >= 11 is 0. The number of anilines is 1. The Kier molecular flexibility index (Phi) is 4.34. The van der Waals surface area contributed by atoms with Gasteiger partial charge in [-0.1, -0.05) is 31.7 Å². The molecule has 0 bridgehead atoms. The SMILES string of the molecule is CN(c1c(F)cccc1C=O)C1CCCCCC1. The monoisotopic (exact) mass is 249 g/mol. The van der Waals surface area contributed by atoms with Crippen LogP contribution in [0.1, 0.15) is 48.9 Å². The molecule has 0 amide bonds. The Hall–Kier alpha value is -1.38. The number of halogens is 1. The van der Waals surface area contributed by atoms with E-state index in [0.29, 0.717) is 17.3 Å². The second-order valence-corrected chi connectivity index (χ2v) is 5.05. The summed E-state index contributed by atoms with van der Waals surface area (Å²) in [5.74, 6) is -0.300. The molecule has 1 aliphatic rings. The largest absolute Gasteiger partial charge is 0.369 e. The lowest BCUT2D eigenvalue weighted by Crippen LogP contribution is -2.32. The standard InChI is InChI=1S/C15H20FNO/c1-17(13-8-4-2-3-5-9-13)15-12(11-18)7-6-10-14(15)16/h6-7,10-11,13H,2-5,8-9H2,1H3. The highest BCUT2D eigenvalue weighted by molar-refractivity contribution is 5.84. The molecular formula is C15H20FNO. The van der Waals surface area contributed by atoms with Gasteiger partial charge in [0.05, 0.1) is 5.69 Å². The number of hydrogen-bond donors (Lipinski definition) is 0. The summed E-state index contributed by atoms with van der Waals surface area (Å²) in [6, 6.07) is 5.04. The van der Waals surface area contributed by atoms with Crippen LogP contribution in [0.5, 0.6) is 0 Å². The van der Waals surface area contributed by atoms with Gasteiger partial charge in [0.25, 0.3) is 0 Å². The Labute approximate surface area is 108 Å². The molecule has 1 aliphatic carbocycles. The second kappa shape index (κ2) is 5.98. The van der Waals surface area contributed by atoms with Crippen molar-refractivity contribution in [2.45, 2.75) is 44.6 Å². The molecule has 3 heteroatoms. The fraction of sp³-hybridized carbons (Fsp3) is 0.533. The Morgan fingerprint density at radius 3 is 2.50 bits per heavy atom. The van der Waals surface area contributed by atoms with Crippen molar-refractivity contribution in [3.63, 3.8) is 0 Å². The van der Waals surface area contributed by atoms with E-state index >= 15 is 0 Å². The van der Waals surface area contributed by atoms with Crippen LogP contribution in [0.4, 0.5) is 10.1 Å². The third-order valence-corrected chi connectivity index (χ3v) is 3.87. The van der Waals surface area contributed by atoms with Crippen LogP contribution in [-0.2, 0) is 0 Å². The first-order valence-electron chi connectivity index (χ1n) is 6.70. The molecule has 0 unspecified atom stereocenters. The summed E-state index contributed by atoms with van der Waals surface area (Å²) in [5.41, 5.74) is 0.904. The number of para-hydroxylation sites is 1. The Bertz CT molecular complexity index is 411. The van der Waals surface area contributed by atoms with Crippen molar-refractivity contribution < 1.29 is 9.18 Å². The minimum atomic E-state index is -0.300. The third-order valence-electron chi connectivity index (χ3n) is 3.87. The molecule has 1 aromatic carbocycles. The lowest BCUT2D eigenvalue weighted by Gasteiger charge is -2.30. The van der Waals surface area contributed by atoms with Crippen LogP contribution in [0.2, 0.25) is 0 Å². The fourth-order valence-electron chi connectivity index (χ4n) is 2.83. The summed E-state index contributed by atoms with van der Waals surface area (Å²) in [6.45, 7) is 0. The summed E-state index contributed by atoms with van der Waals surface area (Å²) < 4.78 is 13.9. The van der Waals surface area contributed by atoms with E-state index in [4.69, 9.17) is 0 Å². The van der Waals surface area contributed by atoms with Gasteiger partial charge >= 0.3 is 0 Å². The second-order valence-electron chi connectivity index (χ2n) is 5.05. The summed E-state index contributed by atoms with van der Waals surface area (Å²) in [7, 11) is 1.90. The summed E-state index contributed by atoms with van der Waals surface area (Å²) in [4.78, 5) is 13.0. The van der Waals surface area contributed by atoms with Crippen LogP contribution in [0.15, 0.2) is 18.2 Å². The first-order chi connectivity index (χ1) is 8.74. The Morgan fingerprint density at radius 1 is 1.22 bits per heavy atom. The number of carbonyl (C=O) groups is 1. The maximum atomic E-state index is 13.9. The molecule has 1 fully saturated rings. The van der Waals surface area contributed by atoms with Gasteiger partial charge in [0.2, 0.25) is 0 Å². The molecule has 0 atom stereocenters. The van der Waals surface area contributed by atoms with Crippen LogP contribution in [0.25, 0.3) is 0 Å². The van der Waals surface area contributed by atoms with E-state index in [2.05, 4.69) is 0 Å². The highest BCUT2D eigenvalue weighted by Gasteiger charge is 2.21. The maximum Gasteiger partial charge on any atom is 0.152 e. The zero-order chi connectivity index (χ0) is 13.0. The van der Waals surface area contributed by atoms with Gasteiger partial charge in [-0.25, -0.2) is 4.39 Å². The van der Waals surface area contributed by atoms with E-state index in [9.17, 15) is 9.18 Å². The van der Waals surface area contributed by atoms with E-state index in [1.165, 1.54) is 31.7 Å². The number of rotatable bonds is 3. The lowest BCUT2D eigenvalue weighted by atomic mass is 10.0. The third kappa shape index (κ3) is 2.71. The van der Waals surface area contributed by atoms with E-state index in [1.807, 2.05) is 11.9 Å². The summed E-state index contributed by atoms with van der Waals surface area (Å²) in [5, 5.41) is 0. The molecule has 98 valence electrons. The van der Waals surface area contributed by atoms with Crippen LogP contribution < -0.4 is 4.90 Å². The first kappa shape index (κ1) is 13.1. The molecule has 0 heterocycles. The average molecular weight is 249 g/mol. The number of benzene rings is 1. The van der Waals surface area contributed by atoms with Gasteiger partial charge in [0.15, 0.2) is 6.29 Å². The van der Waals surface area contributed by atoms with Crippen LogP contribution >= 0.6 is 0 Å². The molecule has 2 nitrogen and oxygen atoms in total. The van der Waals surface area contributed by atoms with E-state index < -0.39 is 0 Å². The minimum absolute atomic E-state index is 0.300. The van der Waals surface area contributed by atoms with Gasteiger partial charge in [-0.15, -0.1) is 0 Å². The highest BCUT2D eigenvalue weighted by Crippen LogP contribution is 2.29. The molecule has 0 aromatic heterocycles. The van der Waals surface area contributed by atoms with Crippen molar-refractivity contribution in [3.8, 4) is 0 Å². The quantitative estimate of drug-likeness (QED) is 0.600. The number of aldehydes is 1. The Balaban J connectivity index is 2.26. The summed E-state index contributed by atoms with van der Waals surface area (Å²) in [6.07, 6.45) is 7.84. The first-order valence-corrected chi connectivity index (χ1v) is 6.70. The molecule has 0 radical (unpaired) electrons. The minimum Gasteiger partial charge on any atom is -0.369 e. The molecule has 1 saturated carbocycles. The van der Waals surface area contributed by atoms with Crippen LogP contribution in [0, 0.1) is 5.82 Å². The molecule has 0 saturated heterocycles. The van der Waals surface area contributed by atoms with Gasteiger partial charge in [0.1, 0.15) is 5.82 Å². The van der Waals surface area contributed by atoms with Gasteiger partial charge in [-0.05, 0) is 25.0 Å². The van der Waals surface area contributed by atoms with E-state index in [-0.39, 0.29) is 5.82 Å². The maximum absolute atomic E-state index is 13.9. The van der Waals surface area contributed by atoms with Crippen molar-refractivity contribution in [3.05, 3.63) is 29.6 Å². The Morgan fingerprint density at radius 2 is 1.89 bits per heavy atom. The number of carbonyl (C=O) groups excluding carboxylic acids is 1. The zero-order valence-corrected chi connectivity index (χ0v) is 10.9. The number of hydrogen-bond acceptors (Lipinski definition) is 2. The van der Waals surface area contributed by atoms with Crippen molar-refractivity contribution in [2.24, 2.45) is 0 Å².